The minimum absolute atomic E-state index is 0.140. The van der Waals surface area contributed by atoms with E-state index < -0.39 is 12.1 Å². The molecule has 0 aromatic heterocycles. The van der Waals surface area contributed by atoms with Crippen LogP contribution in [0.5, 0.6) is 0 Å². The van der Waals surface area contributed by atoms with Gasteiger partial charge in [-0.1, -0.05) is 12.5 Å². The van der Waals surface area contributed by atoms with Crippen molar-refractivity contribution in [2.45, 2.75) is 45.3 Å². The Morgan fingerprint density at radius 3 is 2.55 bits per heavy atom. The number of benzene rings is 1. The fourth-order valence-corrected chi connectivity index (χ4v) is 4.38. The average Bonchev–Trinajstić information content (AvgIpc) is 3.24. The van der Waals surface area contributed by atoms with Crippen molar-refractivity contribution < 1.29 is 32.3 Å². The third-order valence-corrected chi connectivity index (χ3v) is 5.88. The molecule has 2 N–H and O–H groups in total. The van der Waals surface area contributed by atoms with Gasteiger partial charge in [0, 0.05) is 26.1 Å². The molecule has 0 bridgehead atoms. The summed E-state index contributed by atoms with van der Waals surface area (Å²) in [5.74, 6) is -2.58. The van der Waals surface area contributed by atoms with E-state index in [0.717, 1.165) is 56.4 Å². The Labute approximate surface area is 167 Å². The fourth-order valence-electron chi connectivity index (χ4n) is 4.38. The summed E-state index contributed by atoms with van der Waals surface area (Å²) in [6.07, 6.45) is -0.708. The highest BCUT2D eigenvalue weighted by atomic mass is 19.4. The van der Waals surface area contributed by atoms with Crippen LogP contribution in [0.3, 0.4) is 0 Å². The number of aryl methyl sites for hydroxylation is 1. The highest BCUT2D eigenvalue weighted by Gasteiger charge is 2.49. The summed E-state index contributed by atoms with van der Waals surface area (Å²) in [7, 11) is 1.73. The van der Waals surface area contributed by atoms with Crippen LogP contribution in [0.15, 0.2) is 18.2 Å². The van der Waals surface area contributed by atoms with Gasteiger partial charge in [-0.3, -0.25) is 9.69 Å². The number of rotatable bonds is 3. The first-order chi connectivity index (χ1) is 13.5. The van der Waals surface area contributed by atoms with Gasteiger partial charge in [-0.05, 0) is 61.4 Å². The molecule has 5 nitrogen and oxygen atoms in total. The molecule has 2 unspecified atom stereocenters. The lowest BCUT2D eigenvalue weighted by Gasteiger charge is -2.30. The van der Waals surface area contributed by atoms with Crippen LogP contribution in [0.2, 0.25) is 0 Å². The molecular weight excluding hydrogens is 392 g/mol. The van der Waals surface area contributed by atoms with Crippen molar-refractivity contribution in [3.8, 4) is 0 Å². The van der Waals surface area contributed by atoms with Gasteiger partial charge in [-0.25, -0.2) is 9.18 Å². The minimum atomic E-state index is -5.08. The number of nitrogens with zero attached hydrogens (tertiary/aromatic N) is 1. The molecule has 3 rings (SSSR count). The van der Waals surface area contributed by atoms with Crippen LogP contribution in [0.1, 0.15) is 36.8 Å². The molecule has 1 aromatic rings. The van der Waals surface area contributed by atoms with Gasteiger partial charge in [-0.15, -0.1) is 0 Å². The molecule has 2 fully saturated rings. The number of amides is 1. The maximum absolute atomic E-state index is 13.5. The lowest BCUT2D eigenvalue weighted by atomic mass is 9.76. The van der Waals surface area contributed by atoms with Gasteiger partial charge in [0.1, 0.15) is 5.82 Å². The molecule has 2 atom stereocenters. The molecule has 1 aliphatic carbocycles. The molecule has 0 radical (unpaired) electrons. The summed E-state index contributed by atoms with van der Waals surface area (Å²) < 4.78 is 45.2. The van der Waals surface area contributed by atoms with Crippen LogP contribution in [-0.2, 0) is 16.1 Å². The van der Waals surface area contributed by atoms with Crippen LogP contribution >= 0.6 is 0 Å². The predicted molar refractivity (Wildman–Crippen MR) is 98.6 cm³/mol. The normalized spacial score (nSPS) is 24.3. The Kier molecular flexibility index (Phi) is 7.26. The van der Waals surface area contributed by atoms with Gasteiger partial charge in [0.05, 0.1) is 0 Å². The molecule has 29 heavy (non-hydrogen) atoms. The summed E-state index contributed by atoms with van der Waals surface area (Å²) in [4.78, 5) is 23.4. The minimum Gasteiger partial charge on any atom is -0.475 e. The molecule has 1 aliphatic heterocycles. The summed E-state index contributed by atoms with van der Waals surface area (Å²) in [5, 5.41) is 9.96. The van der Waals surface area contributed by atoms with E-state index in [0.29, 0.717) is 0 Å². The summed E-state index contributed by atoms with van der Waals surface area (Å²) >= 11 is 0. The third-order valence-electron chi connectivity index (χ3n) is 5.88. The van der Waals surface area contributed by atoms with Gasteiger partial charge in [0.15, 0.2) is 0 Å². The Morgan fingerprint density at radius 1 is 1.31 bits per heavy atom. The standard InChI is InChI=1S/C18H25FN2O.C2HF3O2/c1-13-5-6-15(19)10-14(13)11-21-9-8-18(12-21)7-3-4-16(18)17(22)20-2;3-2(4,5)1(6)7/h5-6,10,16H,3-4,7-9,11-12H2,1-2H3,(H,20,22);(H,6,7). The molecule has 1 aromatic carbocycles. The molecule has 2 aliphatic rings. The van der Waals surface area contributed by atoms with Crippen LogP contribution in [0, 0.1) is 24.1 Å². The summed E-state index contributed by atoms with van der Waals surface area (Å²) in [6, 6.07) is 5.01. The molecule has 1 saturated carbocycles. The lowest BCUT2D eigenvalue weighted by molar-refractivity contribution is -0.192. The molecule has 1 amide bonds. The lowest BCUT2D eigenvalue weighted by Crippen LogP contribution is -2.39. The van der Waals surface area contributed by atoms with Crippen LogP contribution in [0.25, 0.3) is 0 Å². The van der Waals surface area contributed by atoms with E-state index in [1.807, 2.05) is 13.0 Å². The number of carbonyl (C=O) groups excluding carboxylic acids is 1. The molecule has 1 saturated heterocycles. The zero-order valence-electron chi connectivity index (χ0n) is 16.5. The highest BCUT2D eigenvalue weighted by molar-refractivity contribution is 5.79. The number of hydrogen-bond donors (Lipinski definition) is 2. The molecule has 1 spiro atoms. The smallest absolute Gasteiger partial charge is 0.475 e. The molecule has 1 heterocycles. The second kappa shape index (κ2) is 9.11. The van der Waals surface area contributed by atoms with Crippen molar-refractivity contribution in [3.63, 3.8) is 0 Å². The van der Waals surface area contributed by atoms with Crippen molar-refractivity contribution >= 4 is 11.9 Å². The average molecular weight is 418 g/mol. The van der Waals surface area contributed by atoms with E-state index in [1.165, 1.54) is 6.07 Å². The van der Waals surface area contributed by atoms with Crippen molar-refractivity contribution in [2.24, 2.45) is 11.3 Å². The van der Waals surface area contributed by atoms with Crippen molar-refractivity contribution in [1.82, 2.24) is 10.2 Å². The first-order valence-electron chi connectivity index (χ1n) is 9.47. The summed E-state index contributed by atoms with van der Waals surface area (Å²) in [6.45, 7) is 4.78. The maximum Gasteiger partial charge on any atom is 0.490 e. The fraction of sp³-hybridized carbons (Fsp3) is 0.600. The van der Waals surface area contributed by atoms with Crippen LogP contribution in [0.4, 0.5) is 17.6 Å². The van der Waals surface area contributed by atoms with E-state index >= 15 is 0 Å². The van der Waals surface area contributed by atoms with Gasteiger partial charge in [-0.2, -0.15) is 13.2 Å². The van der Waals surface area contributed by atoms with Crippen LogP contribution < -0.4 is 5.32 Å². The van der Waals surface area contributed by atoms with E-state index in [2.05, 4.69) is 10.2 Å². The largest absolute Gasteiger partial charge is 0.490 e. The van der Waals surface area contributed by atoms with Gasteiger partial charge in [0.25, 0.3) is 0 Å². The first-order valence-corrected chi connectivity index (χ1v) is 9.47. The third kappa shape index (κ3) is 5.68. The van der Waals surface area contributed by atoms with Gasteiger partial charge in [0.2, 0.25) is 5.91 Å². The Bertz CT molecular complexity index is 754. The quantitative estimate of drug-likeness (QED) is 0.738. The predicted octanol–water partition coefficient (Wildman–Crippen LogP) is 3.51. The number of aliphatic carboxylic acids is 1. The number of carboxylic acid groups (broad SMARTS) is 1. The number of nitrogens with one attached hydrogen (secondary N) is 1. The zero-order chi connectivity index (χ0) is 21.8. The SMILES string of the molecule is CNC(=O)C1CCCC12CCN(Cc1cc(F)ccc1C)C2.O=C(O)C(F)(F)F. The number of carboxylic acids is 1. The Balaban J connectivity index is 0.000000370. The van der Waals surface area contributed by atoms with Crippen molar-refractivity contribution in [3.05, 3.63) is 35.1 Å². The zero-order valence-corrected chi connectivity index (χ0v) is 16.5. The highest BCUT2D eigenvalue weighted by Crippen LogP contribution is 2.50. The summed E-state index contributed by atoms with van der Waals surface area (Å²) in [5.41, 5.74) is 2.34. The second-order valence-corrected chi connectivity index (χ2v) is 7.76. The monoisotopic (exact) mass is 418 g/mol. The van der Waals surface area contributed by atoms with Crippen molar-refractivity contribution in [2.75, 3.05) is 20.1 Å². The number of likely N-dealkylation sites (tertiary alicyclic amines) is 1. The van der Waals surface area contributed by atoms with E-state index in [1.54, 1.807) is 13.1 Å². The number of hydrogen-bond acceptors (Lipinski definition) is 3. The van der Waals surface area contributed by atoms with Crippen molar-refractivity contribution in [1.29, 1.82) is 0 Å². The molecule has 9 heteroatoms. The van der Waals surface area contributed by atoms with E-state index in [-0.39, 0.29) is 23.1 Å². The number of halogens is 4. The molecule has 162 valence electrons. The second-order valence-electron chi connectivity index (χ2n) is 7.76. The van der Waals surface area contributed by atoms with Gasteiger partial charge >= 0.3 is 12.1 Å². The van der Waals surface area contributed by atoms with Gasteiger partial charge < -0.3 is 10.4 Å². The number of carbonyl (C=O) groups is 2. The number of alkyl halides is 3. The maximum atomic E-state index is 13.5. The van der Waals surface area contributed by atoms with E-state index in [4.69, 9.17) is 9.90 Å². The Morgan fingerprint density at radius 2 is 1.97 bits per heavy atom. The topological polar surface area (TPSA) is 69.6 Å². The molecular formula is C20H26F4N2O3. The Hall–Kier alpha value is -2.16. The van der Waals surface area contributed by atoms with Crippen LogP contribution in [-0.4, -0.2) is 48.2 Å². The van der Waals surface area contributed by atoms with E-state index in [9.17, 15) is 22.4 Å². The first kappa shape index (κ1) is 23.1.